The van der Waals surface area contributed by atoms with E-state index >= 15 is 0 Å². The number of hydrogen-bond acceptors (Lipinski definition) is 6. The van der Waals surface area contributed by atoms with E-state index < -0.39 is 0 Å². The van der Waals surface area contributed by atoms with Gasteiger partial charge in [-0.15, -0.1) is 11.3 Å². The number of nitrogens with one attached hydrogen (secondary N) is 2. The summed E-state index contributed by atoms with van der Waals surface area (Å²) < 4.78 is 14.7. The van der Waals surface area contributed by atoms with Crippen LogP contribution in [0.25, 0.3) is 10.2 Å². The largest absolute Gasteiger partial charge is 0.382 e. The number of hydrogen-bond donors (Lipinski definition) is 3. The number of carbonyl (C=O) groups is 1. The van der Waals surface area contributed by atoms with E-state index in [4.69, 9.17) is 18.0 Å². The highest BCUT2D eigenvalue weighted by Crippen LogP contribution is 2.53. The zero-order valence-electron chi connectivity index (χ0n) is 15.9. The number of aromatic amines is 1. The number of rotatable bonds is 1. The van der Waals surface area contributed by atoms with Crippen molar-refractivity contribution in [1.82, 2.24) is 9.97 Å². The van der Waals surface area contributed by atoms with Crippen LogP contribution in [0.3, 0.4) is 0 Å². The third kappa shape index (κ3) is 2.89. The van der Waals surface area contributed by atoms with Gasteiger partial charge in [0, 0.05) is 29.2 Å². The summed E-state index contributed by atoms with van der Waals surface area (Å²) in [6, 6.07) is 6.35. The summed E-state index contributed by atoms with van der Waals surface area (Å²) >= 11 is 6.75. The zero-order valence-corrected chi connectivity index (χ0v) is 17.6. The summed E-state index contributed by atoms with van der Waals surface area (Å²) in [5, 5.41) is 4.42. The first-order valence-electron chi connectivity index (χ1n) is 9.34. The molecular weight excluding hydrogens is 407 g/mol. The number of aromatic nitrogens is 2. The molecular formula is C21H19FN4OS2. The molecule has 5 nitrogen and oxygen atoms in total. The van der Waals surface area contributed by atoms with E-state index in [2.05, 4.69) is 29.1 Å². The molecule has 1 atom stereocenters. The Kier molecular flexibility index (Phi) is 3.95. The standard InChI is InChI=1S/C21H19FN4OS2/c1-21(2)7-11-14(12(27)8-21)13(9-3-5-10(22)6-4-9)15-16-17(29-19(15)24-11)18(23)26-20(28)25-16/h3-6,13,24H,7-8H2,1-2H3,(H3,23,25,26,28). The fourth-order valence-electron chi connectivity index (χ4n) is 4.46. The Morgan fingerprint density at radius 1 is 1.28 bits per heavy atom. The minimum absolute atomic E-state index is 0.115. The molecule has 29 heavy (non-hydrogen) atoms. The second kappa shape index (κ2) is 6.21. The van der Waals surface area contributed by atoms with Crippen LogP contribution in [0.2, 0.25) is 0 Å². The van der Waals surface area contributed by atoms with Gasteiger partial charge in [-0.3, -0.25) is 4.79 Å². The van der Waals surface area contributed by atoms with Crippen LogP contribution >= 0.6 is 23.6 Å². The number of fused-ring (bicyclic) bond motifs is 3. The lowest BCUT2D eigenvalue weighted by atomic mass is 9.69. The quantitative estimate of drug-likeness (QED) is 0.461. The lowest BCUT2D eigenvalue weighted by Crippen LogP contribution is -2.33. The summed E-state index contributed by atoms with van der Waals surface area (Å²) in [4.78, 5) is 20.6. The van der Waals surface area contributed by atoms with Gasteiger partial charge in [0.25, 0.3) is 0 Å². The average molecular weight is 427 g/mol. The second-order valence-corrected chi connectivity index (χ2v) is 9.83. The maximum Gasteiger partial charge on any atom is 0.199 e. The maximum atomic E-state index is 13.6. The topological polar surface area (TPSA) is 83.8 Å². The van der Waals surface area contributed by atoms with Crippen LogP contribution < -0.4 is 11.1 Å². The molecule has 3 heterocycles. The number of thiophene rings is 1. The summed E-state index contributed by atoms with van der Waals surface area (Å²) in [5.41, 5.74) is 10.3. The van der Waals surface area contributed by atoms with Crippen molar-refractivity contribution in [2.75, 3.05) is 11.1 Å². The molecule has 8 heteroatoms. The summed E-state index contributed by atoms with van der Waals surface area (Å²) in [7, 11) is 0. The highest BCUT2D eigenvalue weighted by molar-refractivity contribution is 7.71. The first-order valence-corrected chi connectivity index (χ1v) is 10.6. The van der Waals surface area contributed by atoms with Crippen molar-refractivity contribution in [2.45, 2.75) is 32.6 Å². The molecule has 0 amide bonds. The van der Waals surface area contributed by atoms with Crippen molar-refractivity contribution < 1.29 is 9.18 Å². The lowest BCUT2D eigenvalue weighted by molar-refractivity contribution is -0.118. The molecule has 4 N–H and O–H groups in total. The number of H-pyrrole nitrogens is 1. The molecule has 0 bridgehead atoms. The van der Waals surface area contributed by atoms with Gasteiger partial charge in [-0.05, 0) is 41.7 Å². The Hall–Kier alpha value is -2.58. The molecule has 0 saturated carbocycles. The van der Waals surface area contributed by atoms with Crippen LogP contribution in [-0.4, -0.2) is 15.8 Å². The number of benzene rings is 1. The smallest absolute Gasteiger partial charge is 0.199 e. The highest BCUT2D eigenvalue weighted by atomic mass is 32.1. The fourth-order valence-corrected chi connectivity index (χ4v) is 5.78. The number of ketones is 1. The van der Waals surface area contributed by atoms with Gasteiger partial charge in [0.05, 0.1) is 15.2 Å². The van der Waals surface area contributed by atoms with E-state index in [0.29, 0.717) is 17.0 Å². The number of Topliss-reactive ketones (excluding diaryl/α,β-unsaturated/α-hetero) is 1. The van der Waals surface area contributed by atoms with Crippen molar-refractivity contribution in [3.8, 4) is 0 Å². The van der Waals surface area contributed by atoms with Crippen molar-refractivity contribution in [2.24, 2.45) is 5.41 Å². The molecule has 0 fully saturated rings. The van der Waals surface area contributed by atoms with E-state index in [0.717, 1.165) is 44.0 Å². The van der Waals surface area contributed by atoms with E-state index in [9.17, 15) is 9.18 Å². The second-order valence-electron chi connectivity index (χ2n) is 8.42. The van der Waals surface area contributed by atoms with Crippen LogP contribution in [0, 0.1) is 16.0 Å². The number of nitrogens with zero attached hydrogens (tertiary/aromatic N) is 1. The van der Waals surface area contributed by atoms with Crippen LogP contribution in [0.4, 0.5) is 15.2 Å². The monoisotopic (exact) mass is 426 g/mol. The third-order valence-electron chi connectivity index (χ3n) is 5.60. The van der Waals surface area contributed by atoms with Crippen molar-refractivity contribution in [3.05, 3.63) is 57.3 Å². The van der Waals surface area contributed by atoms with Gasteiger partial charge in [0.1, 0.15) is 11.6 Å². The number of anilines is 2. The van der Waals surface area contributed by atoms with E-state index in [1.54, 1.807) is 12.1 Å². The molecule has 148 valence electrons. The molecule has 3 aromatic rings. The van der Waals surface area contributed by atoms with Crippen molar-refractivity contribution >= 4 is 50.4 Å². The minimum Gasteiger partial charge on any atom is -0.382 e. The number of halogens is 1. The Morgan fingerprint density at radius 2 is 2.00 bits per heavy atom. The molecule has 5 rings (SSSR count). The first kappa shape index (κ1) is 18.4. The molecule has 1 unspecified atom stereocenters. The van der Waals surface area contributed by atoms with Crippen LogP contribution in [0.5, 0.6) is 0 Å². The van der Waals surface area contributed by atoms with Crippen molar-refractivity contribution in [3.63, 3.8) is 0 Å². The normalized spacial score (nSPS) is 20.4. The Balaban J connectivity index is 1.83. The van der Waals surface area contributed by atoms with Gasteiger partial charge in [-0.25, -0.2) is 9.37 Å². The van der Waals surface area contributed by atoms with E-state index in [-0.39, 0.29) is 22.9 Å². The molecule has 2 aliphatic rings. The predicted octanol–water partition coefficient (Wildman–Crippen LogP) is 5.28. The van der Waals surface area contributed by atoms with Gasteiger partial charge in [0.15, 0.2) is 10.6 Å². The van der Waals surface area contributed by atoms with Gasteiger partial charge >= 0.3 is 0 Å². The fraction of sp³-hybridized carbons (Fsp3) is 0.286. The predicted molar refractivity (Wildman–Crippen MR) is 116 cm³/mol. The van der Waals surface area contributed by atoms with Gasteiger partial charge < -0.3 is 16.0 Å². The molecule has 2 aromatic heterocycles. The lowest BCUT2D eigenvalue weighted by Gasteiger charge is -2.38. The van der Waals surface area contributed by atoms with E-state index in [1.807, 2.05) is 0 Å². The first-order chi connectivity index (χ1) is 13.7. The summed E-state index contributed by atoms with van der Waals surface area (Å²) in [6.07, 6.45) is 1.24. The number of nitrogen functional groups attached to an aromatic ring is 1. The van der Waals surface area contributed by atoms with Gasteiger partial charge in [-0.1, -0.05) is 26.0 Å². The summed E-state index contributed by atoms with van der Waals surface area (Å²) in [6.45, 7) is 4.20. The molecule has 1 aliphatic heterocycles. The Bertz CT molecular complexity index is 1270. The van der Waals surface area contributed by atoms with Gasteiger partial charge in [0.2, 0.25) is 0 Å². The Labute approximate surface area is 175 Å². The number of allylic oxidation sites excluding steroid dienone is 2. The van der Waals surface area contributed by atoms with Crippen LogP contribution in [0.15, 0.2) is 35.5 Å². The van der Waals surface area contributed by atoms with Crippen LogP contribution in [-0.2, 0) is 4.79 Å². The Morgan fingerprint density at radius 3 is 2.72 bits per heavy atom. The third-order valence-corrected chi connectivity index (χ3v) is 6.93. The maximum absolute atomic E-state index is 13.6. The molecule has 1 aliphatic carbocycles. The zero-order chi connectivity index (χ0) is 20.5. The number of carbonyl (C=O) groups excluding carboxylic acids is 1. The molecule has 0 radical (unpaired) electrons. The SMILES string of the molecule is CC1(C)CC(=O)C2=C(C1)Nc1sc3c(N)nc(=S)[nH]c3c1C2c1ccc(F)cc1. The highest BCUT2D eigenvalue weighted by Gasteiger charge is 2.42. The average Bonchev–Trinajstić information content (AvgIpc) is 2.98. The van der Waals surface area contributed by atoms with Gasteiger partial charge in [-0.2, -0.15) is 0 Å². The molecule has 1 aromatic carbocycles. The van der Waals surface area contributed by atoms with E-state index in [1.165, 1.54) is 23.5 Å². The minimum atomic E-state index is -0.313. The van der Waals surface area contributed by atoms with Crippen molar-refractivity contribution in [1.29, 1.82) is 0 Å². The van der Waals surface area contributed by atoms with Crippen LogP contribution in [0.1, 0.15) is 43.7 Å². The molecule has 0 saturated heterocycles. The molecule has 0 spiro atoms. The number of nitrogens with two attached hydrogens (primary N) is 1. The summed E-state index contributed by atoms with van der Waals surface area (Å²) in [5.74, 6) is -0.140.